The van der Waals surface area contributed by atoms with Crippen LogP contribution in [0.3, 0.4) is 0 Å². The number of aliphatic hydroxyl groups excluding tert-OH is 1. The maximum atomic E-state index is 13.8. The molecule has 32 heavy (non-hydrogen) atoms. The molecule has 2 N–H and O–H groups in total. The molecule has 0 unspecified atom stereocenters. The quantitative estimate of drug-likeness (QED) is 0.328. The van der Waals surface area contributed by atoms with E-state index in [9.17, 15) is 18.0 Å². The van der Waals surface area contributed by atoms with E-state index in [-0.39, 0.29) is 17.5 Å². The number of alkyl halides is 3. The average molecular weight is 451 g/mol. The summed E-state index contributed by atoms with van der Waals surface area (Å²) in [6, 6.07) is 4.10. The van der Waals surface area contributed by atoms with Crippen molar-refractivity contribution in [2.75, 3.05) is 6.61 Å². The van der Waals surface area contributed by atoms with Crippen molar-refractivity contribution in [3.05, 3.63) is 45.4 Å². The number of nitrogens with zero attached hydrogens (tertiary/aromatic N) is 1. The summed E-state index contributed by atoms with van der Waals surface area (Å²) < 4.78 is 43.5. The maximum Gasteiger partial charge on any atom is 0.417 e. The Balaban J connectivity index is 1.87. The van der Waals surface area contributed by atoms with Crippen LogP contribution < -0.4 is 5.56 Å². The first-order chi connectivity index (χ1) is 15.3. The molecule has 7 heteroatoms. The number of halogens is 3. The minimum Gasteiger partial charge on any atom is -0.396 e. The summed E-state index contributed by atoms with van der Waals surface area (Å²) in [6.07, 6.45) is 4.78. The number of rotatable bonds is 11. The summed E-state index contributed by atoms with van der Waals surface area (Å²) in [5.41, 5.74) is 1.32. The molecular weight excluding hydrogens is 417 g/mol. The lowest BCUT2D eigenvalue weighted by atomic mass is 10.0. The highest BCUT2D eigenvalue weighted by Gasteiger charge is 2.34. The van der Waals surface area contributed by atoms with Crippen LogP contribution in [0.1, 0.15) is 75.1 Å². The van der Waals surface area contributed by atoms with E-state index in [1.807, 2.05) is 19.9 Å². The van der Waals surface area contributed by atoms with E-state index >= 15 is 0 Å². The van der Waals surface area contributed by atoms with Gasteiger partial charge in [-0.2, -0.15) is 13.2 Å². The normalized spacial score (nSPS) is 12.3. The van der Waals surface area contributed by atoms with Gasteiger partial charge >= 0.3 is 6.18 Å². The van der Waals surface area contributed by atoms with Gasteiger partial charge in [-0.05, 0) is 43.9 Å². The molecular formula is C25H33F3N2O2. The molecule has 0 aliphatic carbocycles. The second-order valence-corrected chi connectivity index (χ2v) is 8.56. The van der Waals surface area contributed by atoms with Gasteiger partial charge in [0.05, 0.1) is 5.56 Å². The molecule has 2 heterocycles. The van der Waals surface area contributed by atoms with Crippen LogP contribution >= 0.6 is 0 Å². The number of aromatic amines is 1. The number of H-pyrrole nitrogens is 1. The lowest BCUT2D eigenvalue weighted by molar-refractivity contribution is -0.136. The number of benzene rings is 1. The topological polar surface area (TPSA) is 58.0 Å². The number of aryl methyl sites for hydroxylation is 2. The van der Waals surface area contributed by atoms with Crippen LogP contribution in [0.4, 0.5) is 13.2 Å². The molecule has 0 aliphatic rings. The largest absolute Gasteiger partial charge is 0.417 e. The molecule has 3 rings (SSSR count). The Hall–Kier alpha value is -2.28. The summed E-state index contributed by atoms with van der Waals surface area (Å²) in [6.45, 7) is 4.95. The zero-order valence-electron chi connectivity index (χ0n) is 18.9. The molecule has 0 aliphatic heterocycles. The van der Waals surface area contributed by atoms with Crippen LogP contribution in [-0.2, 0) is 19.1 Å². The van der Waals surface area contributed by atoms with Gasteiger partial charge in [-0.3, -0.25) is 4.79 Å². The van der Waals surface area contributed by atoms with Crippen molar-refractivity contribution in [3.8, 4) is 0 Å². The van der Waals surface area contributed by atoms with Crippen molar-refractivity contribution in [2.45, 2.75) is 84.4 Å². The van der Waals surface area contributed by atoms with Gasteiger partial charge in [0.2, 0.25) is 5.56 Å². The Labute approximate surface area is 186 Å². The Morgan fingerprint density at radius 2 is 1.59 bits per heavy atom. The van der Waals surface area contributed by atoms with Crippen LogP contribution in [0.5, 0.6) is 0 Å². The summed E-state index contributed by atoms with van der Waals surface area (Å²) in [5, 5.41) is 9.49. The number of nitrogens with one attached hydrogen (secondary N) is 1. The lowest BCUT2D eigenvalue weighted by Gasteiger charge is -2.12. The summed E-state index contributed by atoms with van der Waals surface area (Å²) in [7, 11) is 0. The number of hydrogen-bond acceptors (Lipinski definition) is 2. The van der Waals surface area contributed by atoms with E-state index in [1.165, 1.54) is 12.8 Å². The van der Waals surface area contributed by atoms with E-state index in [0.29, 0.717) is 11.5 Å². The molecule has 4 nitrogen and oxygen atoms in total. The van der Waals surface area contributed by atoms with Crippen molar-refractivity contribution in [2.24, 2.45) is 0 Å². The zero-order valence-corrected chi connectivity index (χ0v) is 18.9. The number of aromatic nitrogens is 2. The molecule has 0 radical (unpaired) electrons. The van der Waals surface area contributed by atoms with E-state index < -0.39 is 17.3 Å². The predicted molar refractivity (Wildman–Crippen MR) is 123 cm³/mol. The number of aliphatic hydroxyl groups is 1. The maximum absolute atomic E-state index is 13.8. The third-order valence-electron chi connectivity index (χ3n) is 6.34. The van der Waals surface area contributed by atoms with E-state index in [0.717, 1.165) is 68.3 Å². The van der Waals surface area contributed by atoms with Gasteiger partial charge in [0.1, 0.15) is 0 Å². The first kappa shape index (κ1) is 24.4. The second-order valence-electron chi connectivity index (χ2n) is 8.56. The average Bonchev–Trinajstić information content (AvgIpc) is 3.02. The van der Waals surface area contributed by atoms with Crippen LogP contribution in [0, 0.1) is 6.92 Å². The molecule has 0 amide bonds. The Morgan fingerprint density at radius 1 is 0.969 bits per heavy atom. The number of hydrogen-bond donors (Lipinski definition) is 2. The number of pyridine rings is 1. The summed E-state index contributed by atoms with van der Waals surface area (Å²) in [4.78, 5) is 14.4. The third kappa shape index (κ3) is 5.20. The van der Waals surface area contributed by atoms with Crippen LogP contribution in [0.15, 0.2) is 23.0 Å². The van der Waals surface area contributed by atoms with Crippen LogP contribution in [-0.4, -0.2) is 21.3 Å². The highest BCUT2D eigenvalue weighted by molar-refractivity contribution is 6.09. The van der Waals surface area contributed by atoms with Gasteiger partial charge in [-0.15, -0.1) is 0 Å². The van der Waals surface area contributed by atoms with Crippen molar-refractivity contribution in [1.82, 2.24) is 9.55 Å². The van der Waals surface area contributed by atoms with Gasteiger partial charge in [0.15, 0.2) is 0 Å². The Morgan fingerprint density at radius 3 is 2.19 bits per heavy atom. The fourth-order valence-electron chi connectivity index (χ4n) is 4.82. The molecule has 1 aromatic carbocycles. The summed E-state index contributed by atoms with van der Waals surface area (Å²) in [5.74, 6) is 0. The van der Waals surface area contributed by atoms with Crippen molar-refractivity contribution < 1.29 is 18.3 Å². The van der Waals surface area contributed by atoms with Gasteiger partial charge in [0, 0.05) is 46.7 Å². The molecule has 3 aromatic rings. The molecule has 176 valence electrons. The summed E-state index contributed by atoms with van der Waals surface area (Å²) >= 11 is 0. The first-order valence-corrected chi connectivity index (χ1v) is 11.6. The number of unbranched alkanes of at least 4 members (excludes halogenated alkanes) is 7. The van der Waals surface area contributed by atoms with Gasteiger partial charge in [0.25, 0.3) is 0 Å². The van der Waals surface area contributed by atoms with Crippen molar-refractivity contribution >= 4 is 21.8 Å². The second kappa shape index (κ2) is 10.6. The fourth-order valence-corrected chi connectivity index (χ4v) is 4.82. The minimum atomic E-state index is -4.60. The third-order valence-corrected chi connectivity index (χ3v) is 6.34. The van der Waals surface area contributed by atoms with Gasteiger partial charge < -0.3 is 14.7 Å². The van der Waals surface area contributed by atoms with E-state index in [2.05, 4.69) is 9.55 Å². The van der Waals surface area contributed by atoms with Crippen LogP contribution in [0.2, 0.25) is 0 Å². The Kier molecular flexibility index (Phi) is 8.04. The molecule has 0 fully saturated rings. The molecule has 0 bridgehead atoms. The van der Waals surface area contributed by atoms with Gasteiger partial charge in [-0.25, -0.2) is 0 Å². The highest BCUT2D eigenvalue weighted by atomic mass is 19.4. The Bertz CT molecular complexity index is 1110. The van der Waals surface area contributed by atoms with Gasteiger partial charge in [-0.1, -0.05) is 45.4 Å². The molecule has 0 saturated carbocycles. The molecule has 0 spiro atoms. The van der Waals surface area contributed by atoms with E-state index in [1.54, 1.807) is 6.07 Å². The SMILES string of the molecule is CCc1c(C)c2c3c(C(F)(F)F)cc(=O)[nH]c3ccc2n1CCCCCCCCCCO. The standard InChI is InChI=1S/C25H33F3N2O2/c1-3-20-17(2)23-21(30(20)14-10-8-6-4-5-7-9-11-15-31)13-12-19-24(23)18(25(26,27)28)16-22(32)29-19/h12-13,16,31H,3-11,14-15H2,1-2H3,(H,29,32). The minimum absolute atomic E-state index is 0.0865. The first-order valence-electron chi connectivity index (χ1n) is 11.6. The molecule has 2 aromatic heterocycles. The predicted octanol–water partition coefficient (Wildman–Crippen LogP) is 6.49. The van der Waals surface area contributed by atoms with E-state index in [4.69, 9.17) is 5.11 Å². The monoisotopic (exact) mass is 450 g/mol. The fraction of sp³-hybridized carbons (Fsp3) is 0.560. The van der Waals surface area contributed by atoms with Crippen LogP contribution in [0.25, 0.3) is 21.8 Å². The molecule has 0 saturated heterocycles. The smallest absolute Gasteiger partial charge is 0.396 e. The van der Waals surface area contributed by atoms with Crippen molar-refractivity contribution in [3.63, 3.8) is 0 Å². The number of fused-ring (bicyclic) bond motifs is 3. The van der Waals surface area contributed by atoms with Crippen molar-refractivity contribution in [1.29, 1.82) is 0 Å². The lowest BCUT2D eigenvalue weighted by Crippen LogP contribution is -2.14. The zero-order chi connectivity index (χ0) is 23.3. The molecule has 0 atom stereocenters. The highest BCUT2D eigenvalue weighted by Crippen LogP contribution is 2.39.